The Bertz CT molecular complexity index is 1190. The summed E-state index contributed by atoms with van der Waals surface area (Å²) in [6.07, 6.45) is 18.0. The number of pyridine rings is 1. The van der Waals surface area contributed by atoms with Crippen molar-refractivity contribution in [3.63, 3.8) is 0 Å². The van der Waals surface area contributed by atoms with Gasteiger partial charge in [0.1, 0.15) is 11.9 Å². The molecular formula is C36H50N4. The molecule has 0 atom stereocenters. The number of hydrogen-bond acceptors (Lipinski definition) is 4. The molecule has 1 heterocycles. The van der Waals surface area contributed by atoms with Crippen LogP contribution >= 0.6 is 0 Å². The molecule has 0 saturated carbocycles. The highest BCUT2D eigenvalue weighted by Gasteiger charge is 2.15. The molecule has 214 valence electrons. The SMILES string of the molecule is CCCCCCCCc1ccc(Nc2nc(Nc3ccc(CCCCCCCC)cc3)c(C#N)c(C)c2C)cc1. The van der Waals surface area contributed by atoms with Gasteiger partial charge in [-0.3, -0.25) is 0 Å². The fraction of sp³-hybridized carbons (Fsp3) is 0.500. The van der Waals surface area contributed by atoms with E-state index in [-0.39, 0.29) is 0 Å². The van der Waals surface area contributed by atoms with Crippen molar-refractivity contribution < 1.29 is 0 Å². The minimum Gasteiger partial charge on any atom is -0.340 e. The quantitative estimate of drug-likeness (QED) is 0.158. The standard InChI is InChI=1S/C36H50N4/c1-5-7-9-11-13-15-17-30-19-23-32(24-20-30)38-35-29(4)28(3)34(27-37)36(40-35)39-33-25-21-31(22-26-33)18-16-14-12-10-8-6-2/h19-26H,5-18H2,1-4H3,(H2,38,39,40). The molecule has 0 bridgehead atoms. The summed E-state index contributed by atoms with van der Waals surface area (Å²) in [5, 5.41) is 16.8. The van der Waals surface area contributed by atoms with Gasteiger partial charge in [-0.2, -0.15) is 5.26 Å². The lowest BCUT2D eigenvalue weighted by atomic mass is 10.0. The fourth-order valence-electron chi connectivity index (χ4n) is 5.15. The van der Waals surface area contributed by atoms with Crippen LogP contribution < -0.4 is 10.6 Å². The van der Waals surface area contributed by atoms with Gasteiger partial charge in [0, 0.05) is 11.4 Å². The van der Waals surface area contributed by atoms with E-state index >= 15 is 0 Å². The molecule has 1 aromatic heterocycles. The van der Waals surface area contributed by atoms with Crippen molar-refractivity contribution in [2.75, 3.05) is 10.6 Å². The Labute approximate surface area is 243 Å². The molecule has 40 heavy (non-hydrogen) atoms. The number of rotatable bonds is 18. The van der Waals surface area contributed by atoms with Crippen molar-refractivity contribution in [3.8, 4) is 6.07 Å². The van der Waals surface area contributed by atoms with E-state index in [4.69, 9.17) is 4.98 Å². The Morgan fingerprint density at radius 1 is 0.575 bits per heavy atom. The number of unbranched alkanes of at least 4 members (excludes halogenated alkanes) is 10. The molecule has 4 nitrogen and oxygen atoms in total. The van der Waals surface area contributed by atoms with Gasteiger partial charge in [0.15, 0.2) is 5.82 Å². The lowest BCUT2D eigenvalue weighted by Gasteiger charge is -2.17. The first-order valence-electron chi connectivity index (χ1n) is 15.7. The van der Waals surface area contributed by atoms with Gasteiger partial charge >= 0.3 is 0 Å². The highest BCUT2D eigenvalue weighted by atomic mass is 15.1. The second kappa shape index (κ2) is 17.4. The zero-order valence-corrected chi connectivity index (χ0v) is 25.4. The van der Waals surface area contributed by atoms with Crippen molar-refractivity contribution in [2.24, 2.45) is 0 Å². The zero-order chi connectivity index (χ0) is 28.6. The first-order valence-corrected chi connectivity index (χ1v) is 15.7. The van der Waals surface area contributed by atoms with Crippen molar-refractivity contribution in [2.45, 2.75) is 118 Å². The summed E-state index contributed by atoms with van der Waals surface area (Å²) in [6, 6.07) is 19.6. The number of hydrogen-bond donors (Lipinski definition) is 2. The highest BCUT2D eigenvalue weighted by Crippen LogP contribution is 2.30. The van der Waals surface area contributed by atoms with Crippen molar-refractivity contribution in [1.82, 2.24) is 4.98 Å². The van der Waals surface area contributed by atoms with Crippen LogP contribution in [-0.2, 0) is 12.8 Å². The molecule has 0 spiro atoms. The average Bonchev–Trinajstić information content (AvgIpc) is 2.97. The first-order chi connectivity index (χ1) is 19.5. The first kappa shape index (κ1) is 31.2. The molecule has 4 heteroatoms. The second-order valence-corrected chi connectivity index (χ2v) is 11.2. The maximum Gasteiger partial charge on any atom is 0.151 e. The number of nitrogens with zero attached hydrogens (tertiary/aromatic N) is 2. The third kappa shape index (κ3) is 10.0. The van der Waals surface area contributed by atoms with Crippen LogP contribution in [0.4, 0.5) is 23.0 Å². The summed E-state index contributed by atoms with van der Waals surface area (Å²) in [7, 11) is 0. The lowest BCUT2D eigenvalue weighted by molar-refractivity contribution is 0.607. The van der Waals surface area contributed by atoms with Crippen molar-refractivity contribution in [3.05, 3.63) is 76.3 Å². The van der Waals surface area contributed by atoms with Crippen molar-refractivity contribution >= 4 is 23.0 Å². The molecule has 0 aliphatic rings. The number of anilines is 4. The lowest BCUT2D eigenvalue weighted by Crippen LogP contribution is -2.06. The minimum absolute atomic E-state index is 0.591. The van der Waals surface area contributed by atoms with E-state index in [0.717, 1.165) is 41.2 Å². The Morgan fingerprint density at radius 2 is 1.00 bits per heavy atom. The van der Waals surface area contributed by atoms with Gasteiger partial charge in [-0.05, 0) is 86.1 Å². The van der Waals surface area contributed by atoms with Crippen LogP contribution in [0.2, 0.25) is 0 Å². The van der Waals surface area contributed by atoms with Gasteiger partial charge < -0.3 is 10.6 Å². The van der Waals surface area contributed by atoms with Gasteiger partial charge in [-0.1, -0.05) is 102 Å². The summed E-state index contributed by atoms with van der Waals surface area (Å²) in [4.78, 5) is 4.86. The molecule has 0 fully saturated rings. The van der Waals surface area contributed by atoms with Crippen LogP contribution in [0.25, 0.3) is 0 Å². The third-order valence-corrected chi connectivity index (χ3v) is 7.94. The Kier molecular flexibility index (Phi) is 13.6. The van der Waals surface area contributed by atoms with Gasteiger partial charge in [-0.15, -0.1) is 0 Å². The average molecular weight is 539 g/mol. The Morgan fingerprint density at radius 3 is 1.45 bits per heavy atom. The van der Waals surface area contributed by atoms with Crippen LogP contribution in [0.15, 0.2) is 48.5 Å². The normalized spacial score (nSPS) is 10.9. The monoisotopic (exact) mass is 538 g/mol. The fourth-order valence-corrected chi connectivity index (χ4v) is 5.15. The van der Waals surface area contributed by atoms with Crippen molar-refractivity contribution in [1.29, 1.82) is 5.26 Å². The molecule has 2 aromatic carbocycles. The van der Waals surface area contributed by atoms with E-state index in [1.165, 1.54) is 88.2 Å². The summed E-state index contributed by atoms with van der Waals surface area (Å²) in [5.41, 5.74) is 7.23. The van der Waals surface area contributed by atoms with Crippen LogP contribution in [0, 0.1) is 25.2 Å². The molecule has 2 N–H and O–H groups in total. The number of nitriles is 1. The summed E-state index contributed by atoms with van der Waals surface area (Å²) in [5.74, 6) is 1.37. The number of aryl methyl sites for hydroxylation is 2. The number of nitrogens with one attached hydrogen (secondary N) is 2. The second-order valence-electron chi connectivity index (χ2n) is 11.2. The topological polar surface area (TPSA) is 60.7 Å². The molecule has 0 unspecified atom stereocenters. The van der Waals surface area contributed by atoms with E-state index in [0.29, 0.717) is 11.4 Å². The Balaban J connectivity index is 1.61. The smallest absolute Gasteiger partial charge is 0.151 e. The van der Waals surface area contributed by atoms with Crippen LogP contribution in [0.1, 0.15) is 119 Å². The molecule has 0 aliphatic carbocycles. The Hall–Kier alpha value is -3.32. The van der Waals surface area contributed by atoms with E-state index < -0.39 is 0 Å². The molecule has 0 radical (unpaired) electrons. The molecule has 3 aromatic rings. The summed E-state index contributed by atoms with van der Waals surface area (Å²) < 4.78 is 0. The van der Waals surface area contributed by atoms with E-state index in [2.05, 4.69) is 79.1 Å². The molecular weight excluding hydrogens is 488 g/mol. The van der Waals surface area contributed by atoms with Gasteiger partial charge in [-0.25, -0.2) is 4.98 Å². The molecule has 3 rings (SSSR count). The van der Waals surface area contributed by atoms with Crippen LogP contribution in [0.3, 0.4) is 0 Å². The van der Waals surface area contributed by atoms with E-state index in [1.54, 1.807) is 0 Å². The highest BCUT2D eigenvalue weighted by molar-refractivity contribution is 5.72. The van der Waals surface area contributed by atoms with Gasteiger partial charge in [0.2, 0.25) is 0 Å². The van der Waals surface area contributed by atoms with Gasteiger partial charge in [0.25, 0.3) is 0 Å². The minimum atomic E-state index is 0.591. The van der Waals surface area contributed by atoms with Crippen LogP contribution in [-0.4, -0.2) is 4.98 Å². The predicted octanol–water partition coefficient (Wildman–Crippen LogP) is 10.9. The maximum absolute atomic E-state index is 9.91. The summed E-state index contributed by atoms with van der Waals surface area (Å²) in [6.45, 7) is 8.55. The van der Waals surface area contributed by atoms with Gasteiger partial charge in [0.05, 0.1) is 5.56 Å². The zero-order valence-electron chi connectivity index (χ0n) is 25.4. The van der Waals surface area contributed by atoms with E-state index in [9.17, 15) is 5.26 Å². The third-order valence-electron chi connectivity index (χ3n) is 7.94. The molecule has 0 aliphatic heterocycles. The number of aromatic nitrogens is 1. The number of benzene rings is 2. The molecule has 0 saturated heterocycles. The molecule has 0 amide bonds. The van der Waals surface area contributed by atoms with Crippen LogP contribution in [0.5, 0.6) is 0 Å². The maximum atomic E-state index is 9.91. The summed E-state index contributed by atoms with van der Waals surface area (Å²) >= 11 is 0. The predicted molar refractivity (Wildman–Crippen MR) is 172 cm³/mol. The largest absolute Gasteiger partial charge is 0.340 e. The van der Waals surface area contributed by atoms with E-state index in [1.807, 2.05) is 13.8 Å².